The molecule has 0 fully saturated rings. The molecular formula is C23H23ClN4O. The van der Waals surface area contributed by atoms with Gasteiger partial charge >= 0.3 is 0 Å². The number of hydrogen-bond donors (Lipinski definition) is 1. The molecule has 0 saturated heterocycles. The van der Waals surface area contributed by atoms with E-state index < -0.39 is 0 Å². The third kappa shape index (κ3) is 4.25. The minimum Gasteiger partial charge on any atom is -0.271 e. The van der Waals surface area contributed by atoms with Crippen molar-refractivity contribution in [2.75, 3.05) is 0 Å². The van der Waals surface area contributed by atoms with E-state index >= 15 is 0 Å². The van der Waals surface area contributed by atoms with Crippen molar-refractivity contribution in [3.8, 4) is 11.4 Å². The van der Waals surface area contributed by atoms with Gasteiger partial charge in [-0.3, -0.25) is 9.89 Å². The Balaban J connectivity index is 1.61. The van der Waals surface area contributed by atoms with E-state index in [4.69, 9.17) is 11.6 Å². The number of benzene rings is 2. The predicted molar refractivity (Wildman–Crippen MR) is 117 cm³/mol. The molecule has 6 heteroatoms. The van der Waals surface area contributed by atoms with Crippen LogP contribution in [0.15, 0.2) is 59.4 Å². The summed E-state index contributed by atoms with van der Waals surface area (Å²) in [5.41, 5.74) is 3.92. The van der Waals surface area contributed by atoms with Crippen LogP contribution in [0.3, 0.4) is 0 Å². The zero-order valence-electron chi connectivity index (χ0n) is 16.7. The predicted octanol–water partition coefficient (Wildman–Crippen LogP) is 4.82. The molecule has 0 radical (unpaired) electrons. The molecule has 0 saturated carbocycles. The minimum atomic E-state index is -0.166. The molecule has 0 aliphatic carbocycles. The van der Waals surface area contributed by atoms with Gasteiger partial charge in [0.05, 0.1) is 5.69 Å². The highest BCUT2D eigenvalue weighted by molar-refractivity contribution is 6.30. The Bertz CT molecular complexity index is 1220. The first-order chi connectivity index (χ1) is 13.8. The fourth-order valence-electron chi connectivity index (χ4n) is 3.28. The summed E-state index contributed by atoms with van der Waals surface area (Å²) in [5, 5.41) is 3.77. The molecule has 0 aliphatic rings. The molecule has 0 atom stereocenters. The zero-order valence-corrected chi connectivity index (χ0v) is 17.5. The number of fused-ring (bicyclic) bond motifs is 1. The average molecular weight is 407 g/mol. The molecule has 0 bridgehead atoms. The van der Waals surface area contributed by atoms with Crippen LogP contribution in [0.25, 0.3) is 17.2 Å². The van der Waals surface area contributed by atoms with Crippen LogP contribution in [0.5, 0.6) is 0 Å². The summed E-state index contributed by atoms with van der Waals surface area (Å²) in [5.74, 6) is 1.01. The molecule has 1 N–H and O–H groups in total. The van der Waals surface area contributed by atoms with Gasteiger partial charge in [0, 0.05) is 16.7 Å². The molecular weight excluding hydrogens is 384 g/mol. The Hall–Kier alpha value is -2.92. The van der Waals surface area contributed by atoms with Crippen molar-refractivity contribution in [1.29, 1.82) is 0 Å². The van der Waals surface area contributed by atoms with Gasteiger partial charge in [-0.05, 0) is 41.5 Å². The van der Waals surface area contributed by atoms with Crippen LogP contribution < -0.4 is 5.56 Å². The van der Waals surface area contributed by atoms with Crippen LogP contribution in [0.1, 0.15) is 37.6 Å². The molecule has 0 spiro atoms. The lowest BCUT2D eigenvalue weighted by Crippen LogP contribution is -2.16. The first-order valence-electron chi connectivity index (χ1n) is 9.64. The molecule has 0 aliphatic heterocycles. The van der Waals surface area contributed by atoms with E-state index in [2.05, 4.69) is 48.0 Å². The Morgan fingerprint density at radius 3 is 2.45 bits per heavy atom. The first-order valence-corrected chi connectivity index (χ1v) is 10.0. The molecule has 2 aromatic heterocycles. The largest absolute Gasteiger partial charge is 0.274 e. The van der Waals surface area contributed by atoms with Gasteiger partial charge in [-0.1, -0.05) is 68.8 Å². The number of halogens is 1. The molecule has 4 aromatic rings. The van der Waals surface area contributed by atoms with Gasteiger partial charge in [0.1, 0.15) is 0 Å². The van der Waals surface area contributed by atoms with E-state index in [-0.39, 0.29) is 11.0 Å². The summed E-state index contributed by atoms with van der Waals surface area (Å²) >= 11 is 6.04. The Morgan fingerprint density at radius 1 is 1.00 bits per heavy atom. The van der Waals surface area contributed by atoms with Crippen molar-refractivity contribution in [2.45, 2.75) is 39.0 Å². The molecule has 2 aromatic carbocycles. The minimum absolute atomic E-state index is 0.0861. The average Bonchev–Trinajstić information content (AvgIpc) is 3.11. The highest BCUT2D eigenvalue weighted by atomic mass is 35.5. The van der Waals surface area contributed by atoms with Crippen LogP contribution in [-0.4, -0.2) is 19.6 Å². The quantitative estimate of drug-likeness (QED) is 0.528. The van der Waals surface area contributed by atoms with Gasteiger partial charge in [-0.25, -0.2) is 4.98 Å². The van der Waals surface area contributed by atoms with E-state index in [1.165, 1.54) is 10.1 Å². The fourth-order valence-corrected chi connectivity index (χ4v) is 3.49. The second kappa shape index (κ2) is 7.48. The SMILES string of the molecule is CC(C)(C)c1ccc(-c2nc3nc(CCc4cccc(Cl)c4)cc(=O)n3[nH]2)cc1. The zero-order chi connectivity index (χ0) is 20.6. The maximum absolute atomic E-state index is 12.5. The van der Waals surface area contributed by atoms with Crippen molar-refractivity contribution < 1.29 is 0 Å². The van der Waals surface area contributed by atoms with Gasteiger partial charge < -0.3 is 0 Å². The number of aromatic nitrogens is 4. The molecule has 0 amide bonds. The van der Waals surface area contributed by atoms with Gasteiger partial charge in [0.2, 0.25) is 0 Å². The Kier molecular flexibility index (Phi) is 5.01. The fraction of sp³-hybridized carbons (Fsp3) is 0.261. The molecule has 5 nitrogen and oxygen atoms in total. The first kappa shape index (κ1) is 19.4. The van der Waals surface area contributed by atoms with Crippen LogP contribution in [0.2, 0.25) is 5.02 Å². The molecule has 2 heterocycles. The van der Waals surface area contributed by atoms with Crippen molar-refractivity contribution in [1.82, 2.24) is 19.6 Å². The standard InChI is InChI=1S/C23H23ClN4O/c1-23(2,3)17-10-8-16(9-11-17)21-26-22-25-19(14-20(29)28(22)27-21)12-7-15-5-4-6-18(24)13-15/h4-6,8-11,13-14H,7,12H2,1-3H3,(H,25,26,27). The maximum atomic E-state index is 12.5. The van der Waals surface area contributed by atoms with Gasteiger partial charge in [0.15, 0.2) is 5.82 Å². The summed E-state index contributed by atoms with van der Waals surface area (Å²) in [7, 11) is 0. The highest BCUT2D eigenvalue weighted by Crippen LogP contribution is 2.24. The van der Waals surface area contributed by atoms with Crippen molar-refractivity contribution in [2.24, 2.45) is 0 Å². The van der Waals surface area contributed by atoms with Crippen LogP contribution in [0.4, 0.5) is 0 Å². The van der Waals surface area contributed by atoms with Crippen LogP contribution in [-0.2, 0) is 18.3 Å². The van der Waals surface area contributed by atoms with Gasteiger partial charge in [-0.2, -0.15) is 9.50 Å². The summed E-state index contributed by atoms with van der Waals surface area (Å²) < 4.78 is 1.38. The normalized spacial score (nSPS) is 11.9. The molecule has 4 rings (SSSR count). The van der Waals surface area contributed by atoms with E-state index in [1.54, 1.807) is 6.07 Å². The van der Waals surface area contributed by atoms with E-state index in [9.17, 15) is 4.79 Å². The lowest BCUT2D eigenvalue weighted by molar-refractivity contribution is 0.590. The highest BCUT2D eigenvalue weighted by Gasteiger charge is 2.14. The summed E-state index contributed by atoms with van der Waals surface area (Å²) in [6.45, 7) is 6.53. The Morgan fingerprint density at radius 2 is 1.76 bits per heavy atom. The number of aromatic amines is 1. The second-order valence-corrected chi connectivity index (χ2v) is 8.69. The van der Waals surface area contributed by atoms with Crippen molar-refractivity contribution >= 4 is 17.4 Å². The summed E-state index contributed by atoms with van der Waals surface area (Å²) in [6, 6.07) is 17.5. The number of aryl methyl sites for hydroxylation is 2. The third-order valence-electron chi connectivity index (χ3n) is 4.97. The molecule has 0 unspecified atom stereocenters. The number of nitrogens with zero attached hydrogens (tertiary/aromatic N) is 3. The summed E-state index contributed by atoms with van der Waals surface area (Å²) in [4.78, 5) is 21.6. The number of H-pyrrole nitrogens is 1. The molecule has 148 valence electrons. The lowest BCUT2D eigenvalue weighted by atomic mass is 9.87. The van der Waals surface area contributed by atoms with E-state index in [0.717, 1.165) is 23.2 Å². The smallest absolute Gasteiger partial charge is 0.271 e. The summed E-state index contributed by atoms with van der Waals surface area (Å²) in [6.07, 6.45) is 1.41. The van der Waals surface area contributed by atoms with Gasteiger partial charge in [0.25, 0.3) is 11.3 Å². The van der Waals surface area contributed by atoms with Crippen molar-refractivity contribution in [3.05, 3.63) is 86.8 Å². The number of rotatable bonds is 4. The van der Waals surface area contributed by atoms with Crippen molar-refractivity contribution in [3.63, 3.8) is 0 Å². The van der Waals surface area contributed by atoms with Crippen LogP contribution in [0, 0.1) is 0 Å². The van der Waals surface area contributed by atoms with E-state index in [1.807, 2.05) is 36.4 Å². The van der Waals surface area contributed by atoms with E-state index in [0.29, 0.717) is 23.0 Å². The third-order valence-corrected chi connectivity index (χ3v) is 5.20. The Labute approximate surface area is 174 Å². The van der Waals surface area contributed by atoms with Gasteiger partial charge in [-0.15, -0.1) is 0 Å². The monoisotopic (exact) mass is 406 g/mol. The number of hydrogen-bond acceptors (Lipinski definition) is 3. The molecule has 29 heavy (non-hydrogen) atoms. The van der Waals surface area contributed by atoms with Crippen LogP contribution >= 0.6 is 11.6 Å². The lowest BCUT2D eigenvalue weighted by Gasteiger charge is -2.18. The number of nitrogens with one attached hydrogen (secondary N) is 1. The topological polar surface area (TPSA) is 63.1 Å². The second-order valence-electron chi connectivity index (χ2n) is 8.25. The maximum Gasteiger partial charge on any atom is 0.274 e.